The third-order valence-electron chi connectivity index (χ3n) is 4.02. The topological polar surface area (TPSA) is 43.7 Å². The largest absolute Gasteiger partial charge is 0.392 e. The first kappa shape index (κ1) is 13.4. The van der Waals surface area contributed by atoms with Crippen molar-refractivity contribution in [2.75, 3.05) is 11.9 Å². The Hall–Kier alpha value is -1.06. The molecule has 2 atom stereocenters. The molecule has 0 heterocycles. The van der Waals surface area contributed by atoms with Gasteiger partial charge in [0.2, 0.25) is 0 Å². The molecule has 0 aliphatic heterocycles. The number of anilines is 1. The number of nitrogens with zero attached hydrogens (tertiary/aromatic N) is 1. The molecular weight excluding hydrogens is 226 g/mol. The van der Waals surface area contributed by atoms with E-state index in [0.29, 0.717) is 0 Å². The van der Waals surface area contributed by atoms with E-state index < -0.39 is 0 Å². The molecule has 1 saturated carbocycles. The summed E-state index contributed by atoms with van der Waals surface area (Å²) in [6.45, 7) is 2.14. The highest BCUT2D eigenvalue weighted by Crippen LogP contribution is 2.29. The molecule has 1 aromatic carbocycles. The lowest BCUT2D eigenvalue weighted by molar-refractivity contribution is 0.106. The molecule has 0 saturated heterocycles. The van der Waals surface area contributed by atoms with Crippen molar-refractivity contribution in [2.45, 2.75) is 51.4 Å². The SMILES string of the molecule is Cc1cc(CO)ccc1N(C)C1CCCCC1O. The fourth-order valence-electron chi connectivity index (χ4n) is 2.93. The summed E-state index contributed by atoms with van der Waals surface area (Å²) in [5, 5.41) is 19.2. The van der Waals surface area contributed by atoms with Gasteiger partial charge >= 0.3 is 0 Å². The van der Waals surface area contributed by atoms with Gasteiger partial charge in [0, 0.05) is 12.7 Å². The minimum Gasteiger partial charge on any atom is -0.392 e. The van der Waals surface area contributed by atoms with Crippen LogP contribution in [0, 0.1) is 6.92 Å². The van der Waals surface area contributed by atoms with Crippen LogP contribution < -0.4 is 4.90 Å². The normalized spacial score (nSPS) is 24.0. The van der Waals surface area contributed by atoms with Crippen LogP contribution in [0.3, 0.4) is 0 Å². The third kappa shape index (κ3) is 2.68. The molecule has 0 bridgehead atoms. The summed E-state index contributed by atoms with van der Waals surface area (Å²) in [5.74, 6) is 0. The highest BCUT2D eigenvalue weighted by molar-refractivity contribution is 5.54. The quantitative estimate of drug-likeness (QED) is 0.863. The summed E-state index contributed by atoms with van der Waals surface area (Å²) in [6.07, 6.45) is 4.07. The average Bonchev–Trinajstić information content (AvgIpc) is 2.38. The van der Waals surface area contributed by atoms with Crippen molar-refractivity contribution < 1.29 is 10.2 Å². The van der Waals surface area contributed by atoms with Crippen LogP contribution in [0.1, 0.15) is 36.8 Å². The number of hydrogen-bond donors (Lipinski definition) is 2. The molecule has 0 spiro atoms. The van der Waals surface area contributed by atoms with Gasteiger partial charge in [-0.3, -0.25) is 0 Å². The molecular formula is C15H23NO2. The standard InChI is InChI=1S/C15H23NO2/c1-11-9-12(10-17)7-8-13(11)16(2)14-5-3-4-6-15(14)18/h7-9,14-15,17-18H,3-6,10H2,1-2H3. The van der Waals surface area contributed by atoms with Gasteiger partial charge in [-0.15, -0.1) is 0 Å². The van der Waals surface area contributed by atoms with E-state index in [0.717, 1.165) is 36.1 Å². The second kappa shape index (κ2) is 5.72. The Morgan fingerprint density at radius 3 is 2.61 bits per heavy atom. The third-order valence-corrected chi connectivity index (χ3v) is 4.02. The van der Waals surface area contributed by atoms with E-state index in [9.17, 15) is 5.11 Å². The predicted octanol–water partition coefficient (Wildman–Crippen LogP) is 2.23. The van der Waals surface area contributed by atoms with Gasteiger partial charge in [-0.05, 0) is 37.0 Å². The summed E-state index contributed by atoms with van der Waals surface area (Å²) in [5.41, 5.74) is 3.24. The van der Waals surface area contributed by atoms with Crippen LogP contribution in [0.4, 0.5) is 5.69 Å². The van der Waals surface area contributed by atoms with Crippen molar-refractivity contribution in [1.29, 1.82) is 0 Å². The molecule has 100 valence electrons. The predicted molar refractivity (Wildman–Crippen MR) is 73.8 cm³/mol. The van der Waals surface area contributed by atoms with Crippen molar-refractivity contribution in [3.63, 3.8) is 0 Å². The molecule has 18 heavy (non-hydrogen) atoms. The molecule has 2 rings (SSSR count). The fourth-order valence-corrected chi connectivity index (χ4v) is 2.93. The first-order valence-electron chi connectivity index (χ1n) is 6.74. The summed E-state index contributed by atoms with van der Waals surface area (Å²) >= 11 is 0. The second-order valence-electron chi connectivity index (χ2n) is 5.31. The lowest BCUT2D eigenvalue weighted by Crippen LogP contribution is -2.43. The van der Waals surface area contributed by atoms with Crippen molar-refractivity contribution >= 4 is 5.69 Å². The summed E-state index contributed by atoms with van der Waals surface area (Å²) in [4.78, 5) is 2.19. The lowest BCUT2D eigenvalue weighted by atomic mass is 9.91. The zero-order valence-corrected chi connectivity index (χ0v) is 11.3. The van der Waals surface area contributed by atoms with Gasteiger partial charge in [0.15, 0.2) is 0 Å². The summed E-state index contributed by atoms with van der Waals surface area (Å²) < 4.78 is 0. The Kier molecular flexibility index (Phi) is 4.25. The maximum absolute atomic E-state index is 10.1. The summed E-state index contributed by atoms with van der Waals surface area (Å²) in [7, 11) is 2.06. The first-order chi connectivity index (χ1) is 8.63. The fraction of sp³-hybridized carbons (Fsp3) is 0.600. The smallest absolute Gasteiger partial charge is 0.0743 e. The van der Waals surface area contributed by atoms with Crippen molar-refractivity contribution in [1.82, 2.24) is 0 Å². The Morgan fingerprint density at radius 2 is 2.00 bits per heavy atom. The van der Waals surface area contributed by atoms with Gasteiger partial charge in [0.1, 0.15) is 0 Å². The molecule has 3 heteroatoms. The Bertz CT molecular complexity index is 405. The number of rotatable bonds is 3. The van der Waals surface area contributed by atoms with E-state index in [-0.39, 0.29) is 18.8 Å². The monoisotopic (exact) mass is 249 g/mol. The average molecular weight is 249 g/mol. The molecule has 0 radical (unpaired) electrons. The lowest BCUT2D eigenvalue weighted by Gasteiger charge is -2.37. The van der Waals surface area contributed by atoms with Crippen LogP contribution in [0.25, 0.3) is 0 Å². The number of benzene rings is 1. The van der Waals surface area contributed by atoms with Crippen LogP contribution in [-0.4, -0.2) is 29.4 Å². The Balaban J connectivity index is 2.19. The van der Waals surface area contributed by atoms with E-state index in [1.165, 1.54) is 6.42 Å². The van der Waals surface area contributed by atoms with Gasteiger partial charge < -0.3 is 15.1 Å². The molecule has 1 aliphatic rings. The Morgan fingerprint density at radius 1 is 1.28 bits per heavy atom. The van der Waals surface area contributed by atoms with Crippen molar-refractivity contribution in [3.8, 4) is 0 Å². The van der Waals surface area contributed by atoms with Gasteiger partial charge in [-0.25, -0.2) is 0 Å². The molecule has 1 fully saturated rings. The van der Waals surface area contributed by atoms with Crippen LogP contribution in [-0.2, 0) is 6.61 Å². The maximum Gasteiger partial charge on any atom is 0.0743 e. The van der Waals surface area contributed by atoms with E-state index in [2.05, 4.69) is 18.9 Å². The van der Waals surface area contributed by atoms with Crippen LogP contribution >= 0.6 is 0 Å². The van der Waals surface area contributed by atoms with Crippen LogP contribution in [0.15, 0.2) is 18.2 Å². The van der Waals surface area contributed by atoms with Gasteiger partial charge in [0.05, 0.1) is 18.8 Å². The Labute approximate surface area is 109 Å². The van der Waals surface area contributed by atoms with E-state index in [4.69, 9.17) is 5.11 Å². The number of aliphatic hydroxyl groups is 2. The molecule has 2 unspecified atom stereocenters. The zero-order chi connectivity index (χ0) is 13.1. The molecule has 0 amide bonds. The number of hydrogen-bond acceptors (Lipinski definition) is 3. The minimum atomic E-state index is -0.222. The van der Waals surface area contributed by atoms with Gasteiger partial charge in [0.25, 0.3) is 0 Å². The molecule has 3 nitrogen and oxygen atoms in total. The number of aliphatic hydroxyl groups excluding tert-OH is 2. The number of likely N-dealkylation sites (N-methyl/N-ethyl adjacent to an activating group) is 1. The molecule has 1 aromatic rings. The van der Waals surface area contributed by atoms with Gasteiger partial charge in [-0.1, -0.05) is 25.0 Å². The highest BCUT2D eigenvalue weighted by atomic mass is 16.3. The van der Waals surface area contributed by atoms with Crippen molar-refractivity contribution in [2.24, 2.45) is 0 Å². The van der Waals surface area contributed by atoms with Gasteiger partial charge in [-0.2, -0.15) is 0 Å². The van der Waals surface area contributed by atoms with Crippen LogP contribution in [0.2, 0.25) is 0 Å². The molecule has 0 aromatic heterocycles. The van der Waals surface area contributed by atoms with Crippen molar-refractivity contribution in [3.05, 3.63) is 29.3 Å². The van der Waals surface area contributed by atoms with E-state index in [1.54, 1.807) is 0 Å². The number of aryl methyl sites for hydroxylation is 1. The maximum atomic E-state index is 10.1. The van der Waals surface area contributed by atoms with E-state index in [1.807, 2.05) is 18.2 Å². The van der Waals surface area contributed by atoms with Crippen LogP contribution in [0.5, 0.6) is 0 Å². The minimum absolute atomic E-state index is 0.0802. The van der Waals surface area contributed by atoms with E-state index >= 15 is 0 Å². The summed E-state index contributed by atoms with van der Waals surface area (Å²) in [6, 6.07) is 6.23. The first-order valence-corrected chi connectivity index (χ1v) is 6.74. The zero-order valence-electron chi connectivity index (χ0n) is 11.3. The molecule has 2 N–H and O–H groups in total. The molecule has 1 aliphatic carbocycles. The highest BCUT2D eigenvalue weighted by Gasteiger charge is 2.27. The second-order valence-corrected chi connectivity index (χ2v) is 5.31.